The fourth-order valence-corrected chi connectivity index (χ4v) is 6.37. The maximum atomic E-state index is 12.4. The van der Waals surface area contributed by atoms with Gasteiger partial charge < -0.3 is 0 Å². The third-order valence-electron chi connectivity index (χ3n) is 3.54. The van der Waals surface area contributed by atoms with E-state index in [1.165, 1.54) is 19.9 Å². The molecule has 8 nitrogen and oxygen atoms in total. The molecule has 1 atom stereocenters. The van der Waals surface area contributed by atoms with Gasteiger partial charge in [0.05, 0.1) is 21.3 Å². The van der Waals surface area contributed by atoms with Crippen molar-refractivity contribution in [3.8, 4) is 0 Å². The molecular weight excluding hydrogens is 332 g/mol. The standard InChI is InChI=1S/C12H16N2O6S2/c1-9-7-10(14(15)16)3-4-11(9)22(19,20)13-12(2)5-6-21(17,18)8-12/h3-4,7,13H,5-6,8H2,1-2H3. The molecule has 1 N–H and O–H groups in total. The van der Waals surface area contributed by atoms with Crippen molar-refractivity contribution in [2.45, 2.75) is 30.7 Å². The fourth-order valence-electron chi connectivity index (χ4n) is 2.52. The molecule has 1 heterocycles. The van der Waals surface area contributed by atoms with Gasteiger partial charge in [0.15, 0.2) is 9.84 Å². The lowest BCUT2D eigenvalue weighted by molar-refractivity contribution is -0.385. The number of benzene rings is 1. The lowest BCUT2D eigenvalue weighted by atomic mass is 10.0. The summed E-state index contributed by atoms with van der Waals surface area (Å²) < 4.78 is 50.4. The van der Waals surface area contributed by atoms with Crippen LogP contribution in [0.1, 0.15) is 18.9 Å². The summed E-state index contributed by atoms with van der Waals surface area (Å²) in [4.78, 5) is 9.99. The molecule has 1 aromatic rings. The number of sulfone groups is 1. The van der Waals surface area contributed by atoms with Crippen molar-refractivity contribution in [2.24, 2.45) is 0 Å². The highest BCUT2D eigenvalue weighted by atomic mass is 32.2. The summed E-state index contributed by atoms with van der Waals surface area (Å²) in [5.74, 6) is -0.323. The van der Waals surface area contributed by atoms with E-state index in [0.29, 0.717) is 0 Å². The number of nitro groups is 1. The Morgan fingerprint density at radius 2 is 2.00 bits per heavy atom. The molecule has 22 heavy (non-hydrogen) atoms. The molecule has 0 bridgehead atoms. The van der Waals surface area contributed by atoms with Crippen LogP contribution in [0.3, 0.4) is 0 Å². The molecule has 0 saturated carbocycles. The smallest absolute Gasteiger partial charge is 0.258 e. The SMILES string of the molecule is Cc1cc([N+](=O)[O-])ccc1S(=O)(=O)NC1(C)CCS(=O)(=O)C1. The second-order valence-corrected chi connectivity index (χ2v) is 9.55. The van der Waals surface area contributed by atoms with E-state index < -0.39 is 30.3 Å². The Morgan fingerprint density at radius 1 is 1.36 bits per heavy atom. The molecule has 0 radical (unpaired) electrons. The first-order valence-electron chi connectivity index (χ1n) is 6.44. The van der Waals surface area contributed by atoms with E-state index in [1.807, 2.05) is 0 Å². The van der Waals surface area contributed by atoms with Crippen LogP contribution in [0.25, 0.3) is 0 Å². The summed E-state index contributed by atoms with van der Waals surface area (Å²) in [6, 6.07) is 3.43. The predicted octanol–water partition coefficient (Wildman–Crippen LogP) is 0.759. The van der Waals surface area contributed by atoms with E-state index in [4.69, 9.17) is 0 Å². The van der Waals surface area contributed by atoms with Gasteiger partial charge in [0, 0.05) is 17.7 Å². The summed E-state index contributed by atoms with van der Waals surface area (Å²) in [7, 11) is -7.22. The van der Waals surface area contributed by atoms with Gasteiger partial charge in [0.1, 0.15) is 0 Å². The number of hydrogen-bond acceptors (Lipinski definition) is 6. The highest BCUT2D eigenvalue weighted by molar-refractivity contribution is 7.92. The van der Waals surface area contributed by atoms with Crippen LogP contribution >= 0.6 is 0 Å². The molecule has 0 amide bonds. The summed E-state index contributed by atoms with van der Waals surface area (Å²) >= 11 is 0. The lowest BCUT2D eigenvalue weighted by Gasteiger charge is -2.24. The maximum absolute atomic E-state index is 12.4. The largest absolute Gasteiger partial charge is 0.269 e. The van der Waals surface area contributed by atoms with Gasteiger partial charge >= 0.3 is 0 Å². The number of sulfonamides is 1. The quantitative estimate of drug-likeness (QED) is 0.633. The van der Waals surface area contributed by atoms with Crippen molar-refractivity contribution in [1.29, 1.82) is 0 Å². The first-order valence-corrected chi connectivity index (χ1v) is 9.74. The van der Waals surface area contributed by atoms with E-state index >= 15 is 0 Å². The van der Waals surface area contributed by atoms with E-state index in [0.717, 1.165) is 12.1 Å². The van der Waals surface area contributed by atoms with E-state index in [9.17, 15) is 26.9 Å². The number of rotatable bonds is 4. The van der Waals surface area contributed by atoms with Crippen LogP contribution in [0.15, 0.2) is 23.1 Å². The number of non-ortho nitro benzene ring substituents is 1. The molecule has 1 aliphatic rings. The van der Waals surface area contributed by atoms with Gasteiger partial charge in [-0.2, -0.15) is 0 Å². The molecule has 1 unspecified atom stereocenters. The first-order chi connectivity index (χ1) is 9.94. The highest BCUT2D eigenvalue weighted by Crippen LogP contribution is 2.27. The van der Waals surface area contributed by atoms with Crippen LogP contribution in [0, 0.1) is 17.0 Å². The van der Waals surface area contributed by atoms with Gasteiger partial charge in [0.2, 0.25) is 10.0 Å². The Labute approximate surface area is 128 Å². The Kier molecular flexibility index (Phi) is 4.05. The lowest BCUT2D eigenvalue weighted by Crippen LogP contribution is -2.46. The Bertz CT molecular complexity index is 831. The number of nitrogens with zero attached hydrogens (tertiary/aromatic N) is 1. The summed E-state index contributed by atoms with van der Waals surface area (Å²) in [5, 5.41) is 10.7. The van der Waals surface area contributed by atoms with Crippen LogP contribution < -0.4 is 4.72 Å². The average Bonchev–Trinajstić information content (AvgIpc) is 2.61. The average molecular weight is 348 g/mol. The molecule has 10 heteroatoms. The zero-order valence-corrected chi connectivity index (χ0v) is 13.7. The van der Waals surface area contributed by atoms with Gasteiger partial charge in [-0.1, -0.05) is 0 Å². The van der Waals surface area contributed by atoms with Crippen LogP contribution in [0.5, 0.6) is 0 Å². The monoisotopic (exact) mass is 348 g/mol. The van der Waals surface area contributed by atoms with Crippen LogP contribution in [0.4, 0.5) is 5.69 Å². The highest BCUT2D eigenvalue weighted by Gasteiger charge is 2.41. The molecule has 1 fully saturated rings. The minimum atomic E-state index is -3.96. The van der Waals surface area contributed by atoms with Crippen LogP contribution in [-0.2, 0) is 19.9 Å². The Balaban J connectivity index is 2.34. The molecule has 1 aliphatic heterocycles. The Hall–Kier alpha value is -1.52. The van der Waals surface area contributed by atoms with Crippen molar-refractivity contribution < 1.29 is 21.8 Å². The first kappa shape index (κ1) is 16.8. The second-order valence-electron chi connectivity index (χ2n) is 5.72. The maximum Gasteiger partial charge on any atom is 0.269 e. The molecule has 0 spiro atoms. The summed E-state index contributed by atoms with van der Waals surface area (Å²) in [5.41, 5.74) is -1.04. The minimum Gasteiger partial charge on any atom is -0.258 e. The topological polar surface area (TPSA) is 123 Å². The number of aryl methyl sites for hydroxylation is 1. The van der Waals surface area contributed by atoms with Crippen molar-refractivity contribution in [2.75, 3.05) is 11.5 Å². The van der Waals surface area contributed by atoms with E-state index in [-0.39, 0.29) is 34.1 Å². The van der Waals surface area contributed by atoms with Crippen molar-refractivity contribution in [3.05, 3.63) is 33.9 Å². The molecule has 0 aromatic heterocycles. The molecule has 2 rings (SSSR count). The van der Waals surface area contributed by atoms with Crippen LogP contribution in [0.2, 0.25) is 0 Å². The molecule has 1 aromatic carbocycles. The van der Waals surface area contributed by atoms with Crippen molar-refractivity contribution in [1.82, 2.24) is 4.72 Å². The Morgan fingerprint density at radius 3 is 2.45 bits per heavy atom. The van der Waals surface area contributed by atoms with Gasteiger partial charge in [-0.15, -0.1) is 0 Å². The molecule has 1 saturated heterocycles. The summed E-state index contributed by atoms with van der Waals surface area (Å²) in [6.45, 7) is 2.99. The third-order valence-corrected chi connectivity index (χ3v) is 7.24. The normalized spacial score (nSPS) is 24.3. The van der Waals surface area contributed by atoms with Gasteiger partial charge in [0.25, 0.3) is 5.69 Å². The predicted molar refractivity (Wildman–Crippen MR) is 79.8 cm³/mol. The molecule has 122 valence electrons. The number of nitrogens with one attached hydrogen (secondary N) is 1. The molecular formula is C12H16N2O6S2. The van der Waals surface area contributed by atoms with E-state index in [2.05, 4.69) is 4.72 Å². The number of hydrogen-bond donors (Lipinski definition) is 1. The minimum absolute atomic E-state index is 0.0642. The zero-order chi connectivity index (χ0) is 16.8. The second kappa shape index (κ2) is 5.28. The van der Waals surface area contributed by atoms with Gasteiger partial charge in [-0.05, 0) is 31.9 Å². The summed E-state index contributed by atoms with van der Waals surface area (Å²) in [6.07, 6.45) is 0.195. The van der Waals surface area contributed by atoms with Gasteiger partial charge in [-0.25, -0.2) is 21.6 Å². The van der Waals surface area contributed by atoms with Crippen LogP contribution in [-0.4, -0.2) is 38.8 Å². The van der Waals surface area contributed by atoms with Crippen molar-refractivity contribution in [3.63, 3.8) is 0 Å². The van der Waals surface area contributed by atoms with E-state index in [1.54, 1.807) is 0 Å². The number of nitro benzene ring substituents is 1. The van der Waals surface area contributed by atoms with Gasteiger partial charge in [-0.3, -0.25) is 10.1 Å². The zero-order valence-electron chi connectivity index (χ0n) is 12.1. The third kappa shape index (κ3) is 3.45. The fraction of sp³-hybridized carbons (Fsp3) is 0.500. The van der Waals surface area contributed by atoms with Crippen molar-refractivity contribution >= 4 is 25.5 Å². The molecule has 0 aliphatic carbocycles.